The van der Waals surface area contributed by atoms with Gasteiger partial charge in [-0.05, 0) is 0 Å². The minimum Gasteiger partial charge on any atom is -0.481 e. The van der Waals surface area contributed by atoms with E-state index in [0.717, 1.165) is 0 Å². The summed E-state index contributed by atoms with van der Waals surface area (Å²) < 4.78 is 39.5. The minimum absolute atomic E-state index is 0.184. The zero-order chi connectivity index (χ0) is 15.7. The van der Waals surface area contributed by atoms with E-state index >= 15 is 0 Å². The van der Waals surface area contributed by atoms with Gasteiger partial charge in [0.05, 0.1) is 5.92 Å². The molecular formula is C13H13F3N2O3. The number of nitrogens with one attached hydrogen (secondary N) is 1. The molecule has 2 amide bonds. The summed E-state index contributed by atoms with van der Waals surface area (Å²) in [6.45, 7) is 1.90. The molecule has 1 saturated heterocycles. The molecule has 1 unspecified atom stereocenters. The SMILES string of the molecule is CC(C(=O)O)C1CN(C(=O)Nc2c(F)cc(F)cc2F)C1. The predicted octanol–water partition coefficient (Wildman–Crippen LogP) is 2.29. The first-order valence-corrected chi connectivity index (χ1v) is 6.23. The van der Waals surface area contributed by atoms with Crippen molar-refractivity contribution in [1.82, 2.24) is 4.90 Å². The molecule has 8 heteroatoms. The minimum atomic E-state index is -1.21. The van der Waals surface area contributed by atoms with Gasteiger partial charge in [-0.25, -0.2) is 18.0 Å². The topological polar surface area (TPSA) is 69.6 Å². The van der Waals surface area contributed by atoms with Crippen molar-refractivity contribution >= 4 is 17.7 Å². The van der Waals surface area contributed by atoms with Gasteiger partial charge < -0.3 is 15.3 Å². The van der Waals surface area contributed by atoms with Gasteiger partial charge in [-0.3, -0.25) is 4.79 Å². The van der Waals surface area contributed by atoms with Gasteiger partial charge in [0, 0.05) is 31.1 Å². The lowest BCUT2D eigenvalue weighted by atomic mass is 9.87. The van der Waals surface area contributed by atoms with Crippen molar-refractivity contribution in [3.8, 4) is 0 Å². The van der Waals surface area contributed by atoms with Gasteiger partial charge in [0.25, 0.3) is 0 Å². The van der Waals surface area contributed by atoms with Gasteiger partial charge in [-0.1, -0.05) is 6.92 Å². The second-order valence-electron chi connectivity index (χ2n) is 4.97. The van der Waals surface area contributed by atoms with Crippen LogP contribution in [0.3, 0.4) is 0 Å². The molecule has 1 aliphatic heterocycles. The van der Waals surface area contributed by atoms with E-state index in [4.69, 9.17) is 5.11 Å². The van der Waals surface area contributed by atoms with Crippen LogP contribution in [0.15, 0.2) is 12.1 Å². The third-order valence-electron chi connectivity index (χ3n) is 3.53. The highest BCUT2D eigenvalue weighted by Crippen LogP contribution is 2.26. The maximum atomic E-state index is 13.4. The van der Waals surface area contributed by atoms with Crippen molar-refractivity contribution in [2.24, 2.45) is 11.8 Å². The van der Waals surface area contributed by atoms with E-state index in [9.17, 15) is 22.8 Å². The van der Waals surface area contributed by atoms with Crippen LogP contribution in [0, 0.1) is 29.3 Å². The first-order valence-electron chi connectivity index (χ1n) is 6.23. The summed E-state index contributed by atoms with van der Waals surface area (Å²) in [7, 11) is 0. The van der Waals surface area contributed by atoms with Crippen molar-refractivity contribution in [1.29, 1.82) is 0 Å². The van der Waals surface area contributed by atoms with E-state index in [1.165, 1.54) is 11.8 Å². The Morgan fingerprint density at radius 2 is 1.81 bits per heavy atom. The third-order valence-corrected chi connectivity index (χ3v) is 3.53. The van der Waals surface area contributed by atoms with Crippen molar-refractivity contribution in [2.75, 3.05) is 18.4 Å². The number of carbonyl (C=O) groups excluding carboxylic acids is 1. The normalized spacial score (nSPS) is 16.3. The Hall–Kier alpha value is -2.25. The fourth-order valence-corrected chi connectivity index (χ4v) is 2.04. The molecule has 0 radical (unpaired) electrons. The summed E-state index contributed by atoms with van der Waals surface area (Å²) in [4.78, 5) is 23.8. The molecule has 1 aromatic carbocycles. The van der Waals surface area contributed by atoms with Gasteiger partial charge >= 0.3 is 12.0 Å². The third kappa shape index (κ3) is 3.09. The fourth-order valence-electron chi connectivity index (χ4n) is 2.04. The molecule has 1 aromatic rings. The molecule has 114 valence electrons. The number of hydrogen-bond donors (Lipinski definition) is 2. The largest absolute Gasteiger partial charge is 0.481 e. The number of amides is 2. The quantitative estimate of drug-likeness (QED) is 0.900. The van der Waals surface area contributed by atoms with Crippen molar-refractivity contribution < 1.29 is 27.9 Å². The standard InChI is InChI=1S/C13H13F3N2O3/c1-6(12(19)20)7-4-18(5-7)13(21)17-11-9(15)2-8(14)3-10(11)16/h2-3,6-7H,4-5H2,1H3,(H,17,21)(H,19,20). The average Bonchev–Trinajstić information content (AvgIpc) is 2.31. The molecule has 21 heavy (non-hydrogen) atoms. The van der Waals surface area contributed by atoms with Gasteiger partial charge in [-0.2, -0.15) is 0 Å². The number of carboxylic acids is 1. The number of carbonyl (C=O) groups is 2. The summed E-state index contributed by atoms with van der Waals surface area (Å²) in [5.74, 6) is -5.27. The summed E-state index contributed by atoms with van der Waals surface area (Å²) >= 11 is 0. The van der Waals surface area contributed by atoms with Gasteiger partial charge in [0.1, 0.15) is 11.5 Å². The summed E-state index contributed by atoms with van der Waals surface area (Å²) in [5.41, 5.74) is -0.726. The highest BCUT2D eigenvalue weighted by Gasteiger charge is 2.37. The van der Waals surface area contributed by atoms with Crippen LogP contribution in [-0.2, 0) is 4.79 Å². The van der Waals surface area contributed by atoms with Crippen LogP contribution >= 0.6 is 0 Å². The summed E-state index contributed by atoms with van der Waals surface area (Å²) in [6.07, 6.45) is 0. The summed E-state index contributed by atoms with van der Waals surface area (Å²) in [5, 5.41) is 10.8. The van der Waals surface area contributed by atoms with Gasteiger partial charge in [0.15, 0.2) is 11.6 Å². The van der Waals surface area contributed by atoms with Crippen LogP contribution in [0.1, 0.15) is 6.92 Å². The molecule has 0 bridgehead atoms. The number of benzene rings is 1. The van der Waals surface area contributed by atoms with Crippen molar-refractivity contribution in [3.05, 3.63) is 29.6 Å². The molecule has 1 aliphatic rings. The van der Waals surface area contributed by atoms with E-state index in [0.29, 0.717) is 12.1 Å². The summed E-state index contributed by atoms with van der Waals surface area (Å²) in [6, 6.07) is 0.169. The highest BCUT2D eigenvalue weighted by atomic mass is 19.1. The molecule has 1 fully saturated rings. The number of urea groups is 1. The number of anilines is 1. The number of carboxylic acid groups (broad SMARTS) is 1. The van der Waals surface area contributed by atoms with E-state index in [2.05, 4.69) is 0 Å². The number of rotatable bonds is 3. The number of halogens is 3. The second kappa shape index (κ2) is 5.63. The monoisotopic (exact) mass is 302 g/mol. The Morgan fingerprint density at radius 3 is 2.29 bits per heavy atom. The van der Waals surface area contributed by atoms with Crippen LogP contribution in [0.4, 0.5) is 23.7 Å². The highest BCUT2D eigenvalue weighted by molar-refractivity contribution is 5.90. The van der Waals surface area contributed by atoms with E-state index in [-0.39, 0.29) is 19.0 Å². The zero-order valence-corrected chi connectivity index (χ0v) is 11.1. The fraction of sp³-hybridized carbons (Fsp3) is 0.385. The molecule has 0 spiro atoms. The Bertz CT molecular complexity index is 565. The van der Waals surface area contributed by atoms with Crippen molar-refractivity contribution in [2.45, 2.75) is 6.92 Å². The smallest absolute Gasteiger partial charge is 0.322 e. The predicted molar refractivity (Wildman–Crippen MR) is 67.2 cm³/mol. The second-order valence-corrected chi connectivity index (χ2v) is 4.97. The molecule has 0 aliphatic carbocycles. The average molecular weight is 302 g/mol. The molecule has 2 rings (SSSR count). The lowest BCUT2D eigenvalue weighted by Gasteiger charge is -2.41. The van der Waals surface area contributed by atoms with Gasteiger partial charge in [-0.15, -0.1) is 0 Å². The molecule has 5 nitrogen and oxygen atoms in total. The maximum Gasteiger partial charge on any atom is 0.322 e. The Kier molecular flexibility index (Phi) is 4.06. The van der Waals surface area contributed by atoms with Crippen LogP contribution in [0.5, 0.6) is 0 Å². The number of hydrogen-bond acceptors (Lipinski definition) is 2. The van der Waals surface area contributed by atoms with Gasteiger partial charge in [0.2, 0.25) is 0 Å². The number of nitrogens with zero attached hydrogens (tertiary/aromatic N) is 1. The van der Waals surface area contributed by atoms with Crippen LogP contribution in [-0.4, -0.2) is 35.1 Å². The molecule has 2 N–H and O–H groups in total. The van der Waals surface area contributed by atoms with Crippen LogP contribution in [0.2, 0.25) is 0 Å². The maximum absolute atomic E-state index is 13.4. The van der Waals surface area contributed by atoms with Crippen LogP contribution < -0.4 is 5.32 Å². The Morgan fingerprint density at radius 1 is 1.29 bits per heavy atom. The van der Waals surface area contributed by atoms with E-state index in [1.54, 1.807) is 0 Å². The lowest BCUT2D eigenvalue weighted by molar-refractivity contribution is -0.144. The number of likely N-dealkylation sites (tertiary alicyclic amines) is 1. The lowest BCUT2D eigenvalue weighted by Crippen LogP contribution is -2.54. The van der Waals surface area contributed by atoms with Crippen molar-refractivity contribution in [3.63, 3.8) is 0 Å². The number of aliphatic carboxylic acids is 1. The molecule has 0 aromatic heterocycles. The Labute approximate surface area is 118 Å². The molecule has 1 atom stereocenters. The first-order chi connectivity index (χ1) is 9.79. The molecular weight excluding hydrogens is 289 g/mol. The zero-order valence-electron chi connectivity index (χ0n) is 11.1. The van der Waals surface area contributed by atoms with E-state index < -0.39 is 41.1 Å². The first kappa shape index (κ1) is 15.1. The molecule has 0 saturated carbocycles. The van der Waals surface area contributed by atoms with E-state index in [1.807, 2.05) is 5.32 Å². The van der Waals surface area contributed by atoms with Crippen LogP contribution in [0.25, 0.3) is 0 Å². The Balaban J connectivity index is 1.97. The molecule has 1 heterocycles.